The van der Waals surface area contributed by atoms with Crippen molar-refractivity contribution in [3.05, 3.63) is 29.3 Å². The molecule has 25 heavy (non-hydrogen) atoms. The average Bonchev–Trinajstić information content (AvgIpc) is 3.28. The van der Waals surface area contributed by atoms with Gasteiger partial charge >= 0.3 is 0 Å². The van der Waals surface area contributed by atoms with Crippen LogP contribution in [0.1, 0.15) is 57.6 Å². The van der Waals surface area contributed by atoms with E-state index in [4.69, 9.17) is 0 Å². The molecule has 0 aliphatic heterocycles. The third-order valence-electron chi connectivity index (χ3n) is 5.65. The first kappa shape index (κ1) is 18.4. The van der Waals surface area contributed by atoms with E-state index in [9.17, 15) is 13.2 Å². The Hall–Kier alpha value is -1.36. The third-order valence-corrected chi connectivity index (χ3v) is 7.36. The number of aryl methyl sites for hydroxylation is 2. The van der Waals surface area contributed by atoms with Crippen molar-refractivity contribution in [2.45, 2.75) is 76.3 Å². The molecule has 1 atom stereocenters. The quantitative estimate of drug-likeness (QED) is 0.746. The lowest BCUT2D eigenvalue weighted by Crippen LogP contribution is -2.43. The van der Waals surface area contributed by atoms with E-state index >= 15 is 0 Å². The van der Waals surface area contributed by atoms with E-state index in [0.717, 1.165) is 37.7 Å². The molecule has 0 heterocycles. The summed E-state index contributed by atoms with van der Waals surface area (Å²) in [5.41, 5.74) is 2.42. The fourth-order valence-corrected chi connectivity index (χ4v) is 4.92. The molecule has 0 spiro atoms. The van der Waals surface area contributed by atoms with Crippen LogP contribution >= 0.6 is 0 Å². The van der Waals surface area contributed by atoms with E-state index in [1.54, 1.807) is 6.07 Å². The van der Waals surface area contributed by atoms with Crippen molar-refractivity contribution in [2.24, 2.45) is 5.92 Å². The topological polar surface area (TPSA) is 54.5 Å². The van der Waals surface area contributed by atoms with Crippen LogP contribution in [-0.4, -0.2) is 37.1 Å². The molecule has 3 rings (SSSR count). The lowest BCUT2D eigenvalue weighted by Gasteiger charge is -2.32. The minimum Gasteiger partial charge on any atom is -0.337 e. The van der Waals surface area contributed by atoms with Crippen LogP contribution in [0.25, 0.3) is 0 Å². The number of benzene rings is 1. The Morgan fingerprint density at radius 1 is 1.16 bits per heavy atom. The first-order valence-electron chi connectivity index (χ1n) is 9.45. The molecule has 2 aliphatic carbocycles. The Kier molecular flexibility index (Phi) is 5.24. The highest BCUT2D eigenvalue weighted by Gasteiger charge is 2.36. The maximum absolute atomic E-state index is 12.7. The van der Waals surface area contributed by atoms with Gasteiger partial charge in [0.05, 0.1) is 10.6 Å². The van der Waals surface area contributed by atoms with Crippen molar-refractivity contribution >= 4 is 15.7 Å². The summed E-state index contributed by atoms with van der Waals surface area (Å²) in [4.78, 5) is 15.0. The largest absolute Gasteiger partial charge is 0.337 e. The summed E-state index contributed by atoms with van der Waals surface area (Å²) in [5.74, 6) is 0.255. The fraction of sp³-hybridized carbons (Fsp3) is 0.650. The van der Waals surface area contributed by atoms with Crippen LogP contribution in [0.3, 0.4) is 0 Å². The Labute approximate surface area is 151 Å². The van der Waals surface area contributed by atoms with Crippen LogP contribution in [0, 0.1) is 5.92 Å². The predicted octanol–water partition coefficient (Wildman–Crippen LogP) is 3.37. The SMILES string of the molecule is CC(C)C(C)N(C(=O)CCS(=O)(=O)c1ccc2c(c1)CCC2)C1CC1. The second-order valence-corrected chi connectivity index (χ2v) is 9.98. The minimum atomic E-state index is -3.41. The second kappa shape index (κ2) is 7.10. The second-order valence-electron chi connectivity index (χ2n) is 7.87. The van der Waals surface area contributed by atoms with Crippen LogP contribution in [0.5, 0.6) is 0 Å². The summed E-state index contributed by atoms with van der Waals surface area (Å²) in [5, 5.41) is 0. The van der Waals surface area contributed by atoms with Gasteiger partial charge in [-0.3, -0.25) is 4.79 Å². The number of carbonyl (C=O) groups excluding carboxylic acids is 1. The molecule has 0 N–H and O–H groups in total. The average molecular weight is 364 g/mol. The van der Waals surface area contributed by atoms with Crippen LogP contribution in [0.4, 0.5) is 0 Å². The summed E-state index contributed by atoms with van der Waals surface area (Å²) < 4.78 is 25.4. The lowest BCUT2D eigenvalue weighted by molar-refractivity contribution is -0.134. The van der Waals surface area contributed by atoms with Crippen molar-refractivity contribution in [1.29, 1.82) is 0 Å². The number of amides is 1. The molecule has 5 heteroatoms. The van der Waals surface area contributed by atoms with Crippen molar-refractivity contribution < 1.29 is 13.2 Å². The Morgan fingerprint density at radius 2 is 1.84 bits per heavy atom. The molecule has 0 aromatic heterocycles. The molecule has 138 valence electrons. The molecular weight excluding hydrogens is 334 g/mol. The van der Waals surface area contributed by atoms with E-state index < -0.39 is 9.84 Å². The van der Waals surface area contributed by atoms with Crippen molar-refractivity contribution in [3.63, 3.8) is 0 Å². The van der Waals surface area contributed by atoms with E-state index in [2.05, 4.69) is 20.8 Å². The summed E-state index contributed by atoms with van der Waals surface area (Å²) in [6.45, 7) is 6.28. The molecule has 2 aliphatic rings. The van der Waals surface area contributed by atoms with Crippen LogP contribution in [-0.2, 0) is 27.5 Å². The Balaban J connectivity index is 1.68. The molecule has 1 aromatic rings. The number of hydrogen-bond donors (Lipinski definition) is 0. The fourth-order valence-electron chi connectivity index (χ4n) is 3.65. The van der Waals surface area contributed by atoms with E-state index in [0.29, 0.717) is 16.9 Å². The highest BCUT2D eigenvalue weighted by molar-refractivity contribution is 7.91. The zero-order chi connectivity index (χ0) is 18.2. The molecule has 1 unspecified atom stereocenters. The van der Waals surface area contributed by atoms with E-state index in [1.807, 2.05) is 17.0 Å². The Morgan fingerprint density at radius 3 is 2.48 bits per heavy atom. The number of rotatable bonds is 7. The summed E-state index contributed by atoms with van der Waals surface area (Å²) in [6.07, 6.45) is 5.26. The molecule has 1 fully saturated rings. The molecule has 4 nitrogen and oxygen atoms in total. The molecule has 1 saturated carbocycles. The maximum atomic E-state index is 12.7. The Bertz CT molecular complexity index is 750. The van der Waals surface area contributed by atoms with Crippen molar-refractivity contribution in [3.8, 4) is 0 Å². The van der Waals surface area contributed by atoms with Gasteiger partial charge in [0.25, 0.3) is 0 Å². The van der Waals surface area contributed by atoms with Crippen molar-refractivity contribution in [1.82, 2.24) is 4.90 Å². The molecule has 1 aromatic carbocycles. The zero-order valence-corrected chi connectivity index (χ0v) is 16.3. The van der Waals surface area contributed by atoms with E-state index in [-0.39, 0.29) is 24.1 Å². The van der Waals surface area contributed by atoms with Gasteiger partial charge in [0.15, 0.2) is 9.84 Å². The third kappa shape index (κ3) is 4.08. The maximum Gasteiger partial charge on any atom is 0.224 e. The number of nitrogens with zero attached hydrogens (tertiary/aromatic N) is 1. The number of sulfone groups is 1. The molecule has 1 amide bonds. The van der Waals surface area contributed by atoms with Gasteiger partial charge in [-0.05, 0) is 68.2 Å². The summed E-state index contributed by atoms with van der Waals surface area (Å²) in [6, 6.07) is 5.93. The number of hydrogen-bond acceptors (Lipinski definition) is 3. The van der Waals surface area contributed by atoms with Crippen LogP contribution in [0.15, 0.2) is 23.1 Å². The van der Waals surface area contributed by atoms with Gasteiger partial charge in [-0.1, -0.05) is 19.9 Å². The van der Waals surface area contributed by atoms with Gasteiger partial charge in [0.1, 0.15) is 0 Å². The highest BCUT2D eigenvalue weighted by Crippen LogP contribution is 2.31. The lowest BCUT2D eigenvalue weighted by atomic mass is 10.0. The molecular formula is C20H29NO3S. The molecule has 0 bridgehead atoms. The first-order chi connectivity index (χ1) is 11.8. The van der Waals surface area contributed by atoms with E-state index in [1.165, 1.54) is 5.56 Å². The molecule has 0 saturated heterocycles. The van der Waals surface area contributed by atoms with Gasteiger partial charge in [-0.2, -0.15) is 0 Å². The summed E-state index contributed by atoms with van der Waals surface area (Å²) >= 11 is 0. The van der Waals surface area contributed by atoms with Gasteiger partial charge in [-0.15, -0.1) is 0 Å². The summed E-state index contributed by atoms with van der Waals surface area (Å²) in [7, 11) is -3.41. The van der Waals surface area contributed by atoms with Gasteiger partial charge in [0.2, 0.25) is 5.91 Å². The van der Waals surface area contributed by atoms with Crippen molar-refractivity contribution in [2.75, 3.05) is 5.75 Å². The van der Waals surface area contributed by atoms with Crippen LogP contribution in [0.2, 0.25) is 0 Å². The predicted molar refractivity (Wildman–Crippen MR) is 99.3 cm³/mol. The van der Waals surface area contributed by atoms with Crippen LogP contribution < -0.4 is 0 Å². The van der Waals surface area contributed by atoms with Gasteiger partial charge < -0.3 is 4.90 Å². The normalized spacial score (nSPS) is 18.2. The van der Waals surface area contributed by atoms with Gasteiger partial charge in [-0.25, -0.2) is 8.42 Å². The number of fused-ring (bicyclic) bond motifs is 1. The minimum absolute atomic E-state index is 0.0200. The molecule has 0 radical (unpaired) electrons. The van der Waals surface area contributed by atoms with Gasteiger partial charge in [0, 0.05) is 18.5 Å². The smallest absolute Gasteiger partial charge is 0.224 e. The monoisotopic (exact) mass is 363 g/mol. The highest BCUT2D eigenvalue weighted by atomic mass is 32.2. The number of carbonyl (C=O) groups is 1. The zero-order valence-electron chi connectivity index (χ0n) is 15.5. The standard InChI is InChI=1S/C20H29NO3S/c1-14(2)15(3)21(18-8-9-18)20(22)11-12-25(23,24)19-10-7-16-5-4-6-17(16)13-19/h7,10,13-15,18H,4-6,8-9,11-12H2,1-3H3. The first-order valence-corrected chi connectivity index (χ1v) is 11.1.